The lowest BCUT2D eigenvalue weighted by atomic mass is 10.0. The number of nitrogens with zero attached hydrogens (tertiary/aromatic N) is 1. The van der Waals surface area contributed by atoms with Crippen molar-refractivity contribution in [2.75, 3.05) is 13.7 Å². The number of furan rings is 1. The summed E-state index contributed by atoms with van der Waals surface area (Å²) in [4.78, 5) is 26.2. The summed E-state index contributed by atoms with van der Waals surface area (Å²) < 4.78 is 10.4. The predicted octanol–water partition coefficient (Wildman–Crippen LogP) is 2.84. The topological polar surface area (TPSA) is 59.8 Å². The highest BCUT2D eigenvalue weighted by Crippen LogP contribution is 2.25. The fraction of sp³-hybridized carbons (Fsp3) is 0.444. The number of piperidine rings is 1. The number of likely N-dealkylation sites (tertiary alicyclic amines) is 1. The molecule has 0 bridgehead atoms. The molecular formula is C18H21NO4. The summed E-state index contributed by atoms with van der Waals surface area (Å²) in [6.45, 7) is 2.61. The number of methoxy groups -OCH3 is 1. The number of rotatable bonds is 3. The van der Waals surface area contributed by atoms with Crippen molar-refractivity contribution in [3.8, 4) is 0 Å². The molecule has 2 aromatic rings. The molecule has 0 radical (unpaired) electrons. The van der Waals surface area contributed by atoms with Gasteiger partial charge in [0.1, 0.15) is 11.6 Å². The number of amides is 1. The van der Waals surface area contributed by atoms with Gasteiger partial charge in [0.2, 0.25) is 5.91 Å². The third-order valence-electron chi connectivity index (χ3n) is 4.45. The third kappa shape index (κ3) is 3.09. The van der Waals surface area contributed by atoms with Gasteiger partial charge in [-0.1, -0.05) is 12.1 Å². The van der Waals surface area contributed by atoms with E-state index in [-0.39, 0.29) is 18.3 Å². The number of hydrogen-bond donors (Lipinski definition) is 0. The van der Waals surface area contributed by atoms with Crippen LogP contribution in [0.4, 0.5) is 0 Å². The monoisotopic (exact) mass is 315 g/mol. The van der Waals surface area contributed by atoms with Gasteiger partial charge in [-0.25, -0.2) is 4.79 Å². The highest BCUT2D eigenvalue weighted by atomic mass is 16.5. The van der Waals surface area contributed by atoms with Crippen LogP contribution in [0.15, 0.2) is 28.9 Å². The Kier molecular flexibility index (Phi) is 4.37. The molecule has 0 N–H and O–H groups in total. The molecule has 2 heterocycles. The zero-order chi connectivity index (χ0) is 16.4. The van der Waals surface area contributed by atoms with Crippen molar-refractivity contribution in [3.63, 3.8) is 0 Å². The summed E-state index contributed by atoms with van der Waals surface area (Å²) in [5.41, 5.74) is 2.77. The number of esters is 1. The molecule has 0 spiro atoms. The first-order valence-corrected chi connectivity index (χ1v) is 7.94. The van der Waals surface area contributed by atoms with E-state index >= 15 is 0 Å². The van der Waals surface area contributed by atoms with Gasteiger partial charge >= 0.3 is 5.97 Å². The minimum absolute atomic E-state index is 0.0524. The Bertz CT molecular complexity index is 734. The van der Waals surface area contributed by atoms with Gasteiger partial charge in [0.15, 0.2) is 0 Å². The van der Waals surface area contributed by atoms with Gasteiger partial charge in [0.05, 0.1) is 19.8 Å². The minimum atomic E-state index is -0.457. The Labute approximate surface area is 135 Å². The van der Waals surface area contributed by atoms with Crippen LogP contribution >= 0.6 is 0 Å². The van der Waals surface area contributed by atoms with Crippen molar-refractivity contribution in [3.05, 3.63) is 35.6 Å². The van der Waals surface area contributed by atoms with Crippen molar-refractivity contribution < 1.29 is 18.7 Å². The average molecular weight is 315 g/mol. The van der Waals surface area contributed by atoms with Crippen LogP contribution in [0, 0.1) is 6.92 Å². The zero-order valence-corrected chi connectivity index (χ0v) is 13.5. The molecule has 5 nitrogen and oxygen atoms in total. The molecule has 1 aliphatic heterocycles. The number of hydrogen-bond acceptors (Lipinski definition) is 4. The van der Waals surface area contributed by atoms with E-state index < -0.39 is 6.04 Å². The lowest BCUT2D eigenvalue weighted by Gasteiger charge is -2.33. The number of aryl methyl sites for hydroxylation is 1. The zero-order valence-electron chi connectivity index (χ0n) is 13.5. The van der Waals surface area contributed by atoms with Crippen LogP contribution in [0.25, 0.3) is 11.0 Å². The highest BCUT2D eigenvalue weighted by molar-refractivity contribution is 5.90. The largest absolute Gasteiger partial charge is 0.467 e. The molecule has 5 heteroatoms. The fourth-order valence-corrected chi connectivity index (χ4v) is 3.20. The maximum absolute atomic E-state index is 12.7. The molecule has 1 aliphatic rings. The summed E-state index contributed by atoms with van der Waals surface area (Å²) in [6, 6.07) is 5.48. The van der Waals surface area contributed by atoms with Gasteiger partial charge in [-0.2, -0.15) is 0 Å². The molecule has 23 heavy (non-hydrogen) atoms. The number of ether oxygens (including phenoxy) is 1. The lowest BCUT2D eigenvalue weighted by Crippen LogP contribution is -2.49. The second-order valence-corrected chi connectivity index (χ2v) is 6.06. The SMILES string of the molecule is COC(=O)C1CCCCN1C(=O)Cc1coc2cc(C)ccc12. The maximum atomic E-state index is 12.7. The highest BCUT2D eigenvalue weighted by Gasteiger charge is 2.32. The minimum Gasteiger partial charge on any atom is -0.467 e. The Balaban J connectivity index is 1.80. The Morgan fingerprint density at radius 3 is 2.96 bits per heavy atom. The molecule has 1 aromatic carbocycles. The molecule has 1 fully saturated rings. The van der Waals surface area contributed by atoms with Crippen LogP contribution in [-0.2, 0) is 20.7 Å². The molecule has 3 rings (SSSR count). The fourth-order valence-electron chi connectivity index (χ4n) is 3.20. The molecule has 0 saturated carbocycles. The quantitative estimate of drug-likeness (QED) is 0.817. The van der Waals surface area contributed by atoms with E-state index in [2.05, 4.69) is 0 Å². The van der Waals surface area contributed by atoms with Crippen molar-refractivity contribution in [2.45, 2.75) is 38.6 Å². The molecule has 1 saturated heterocycles. The van der Waals surface area contributed by atoms with Gasteiger partial charge < -0.3 is 14.1 Å². The van der Waals surface area contributed by atoms with Crippen molar-refractivity contribution in [2.24, 2.45) is 0 Å². The van der Waals surface area contributed by atoms with Gasteiger partial charge in [-0.3, -0.25) is 4.79 Å². The van der Waals surface area contributed by atoms with E-state index in [1.165, 1.54) is 7.11 Å². The molecule has 1 atom stereocenters. The van der Waals surface area contributed by atoms with E-state index in [1.54, 1.807) is 11.2 Å². The van der Waals surface area contributed by atoms with Gasteiger partial charge in [0.25, 0.3) is 0 Å². The second-order valence-electron chi connectivity index (χ2n) is 6.06. The Morgan fingerprint density at radius 2 is 2.17 bits per heavy atom. The van der Waals surface area contributed by atoms with E-state index in [1.807, 2.05) is 25.1 Å². The van der Waals surface area contributed by atoms with E-state index in [4.69, 9.17) is 9.15 Å². The van der Waals surface area contributed by atoms with Crippen molar-refractivity contribution >= 4 is 22.8 Å². The van der Waals surface area contributed by atoms with Crippen LogP contribution in [0.5, 0.6) is 0 Å². The smallest absolute Gasteiger partial charge is 0.328 e. The Hall–Kier alpha value is -2.30. The normalized spacial score (nSPS) is 18.2. The third-order valence-corrected chi connectivity index (χ3v) is 4.45. The van der Waals surface area contributed by atoms with Gasteiger partial charge in [-0.05, 0) is 37.8 Å². The molecule has 0 aliphatic carbocycles. The average Bonchev–Trinajstić information content (AvgIpc) is 2.96. The first kappa shape index (κ1) is 15.6. The summed E-state index contributed by atoms with van der Waals surface area (Å²) >= 11 is 0. The van der Waals surface area contributed by atoms with Crippen LogP contribution < -0.4 is 0 Å². The first-order valence-electron chi connectivity index (χ1n) is 7.94. The number of carbonyl (C=O) groups excluding carboxylic acids is 2. The van der Waals surface area contributed by atoms with E-state index in [0.29, 0.717) is 13.0 Å². The van der Waals surface area contributed by atoms with Crippen LogP contribution in [0.2, 0.25) is 0 Å². The van der Waals surface area contributed by atoms with Crippen molar-refractivity contribution in [1.29, 1.82) is 0 Å². The predicted molar refractivity (Wildman–Crippen MR) is 86.0 cm³/mol. The Morgan fingerprint density at radius 1 is 1.35 bits per heavy atom. The van der Waals surface area contributed by atoms with Crippen LogP contribution in [0.1, 0.15) is 30.4 Å². The summed E-state index contributed by atoms with van der Waals surface area (Å²) in [5.74, 6) is -0.380. The number of carbonyl (C=O) groups is 2. The molecule has 1 aromatic heterocycles. The van der Waals surface area contributed by atoms with E-state index in [0.717, 1.165) is 34.9 Å². The van der Waals surface area contributed by atoms with Crippen LogP contribution in [0.3, 0.4) is 0 Å². The standard InChI is InChI=1S/C18H21NO4/c1-12-6-7-14-13(11-23-16(14)9-12)10-17(20)19-8-4-3-5-15(19)18(21)22-2/h6-7,9,11,15H,3-5,8,10H2,1-2H3. The summed E-state index contributed by atoms with van der Waals surface area (Å²) in [5, 5.41) is 0.954. The first-order chi connectivity index (χ1) is 11.1. The molecule has 122 valence electrons. The van der Waals surface area contributed by atoms with Gasteiger partial charge in [-0.15, -0.1) is 0 Å². The molecule has 1 amide bonds. The number of benzene rings is 1. The van der Waals surface area contributed by atoms with Gasteiger partial charge in [0, 0.05) is 17.5 Å². The van der Waals surface area contributed by atoms with E-state index in [9.17, 15) is 9.59 Å². The van der Waals surface area contributed by atoms with Crippen LogP contribution in [-0.4, -0.2) is 36.5 Å². The lowest BCUT2D eigenvalue weighted by molar-refractivity contribution is -0.154. The molecule has 1 unspecified atom stereocenters. The van der Waals surface area contributed by atoms with Crippen molar-refractivity contribution in [1.82, 2.24) is 4.90 Å². The number of fused-ring (bicyclic) bond motifs is 1. The maximum Gasteiger partial charge on any atom is 0.328 e. The summed E-state index contributed by atoms with van der Waals surface area (Å²) in [7, 11) is 1.37. The second kappa shape index (κ2) is 6.44. The molecular weight excluding hydrogens is 294 g/mol. The summed E-state index contributed by atoms with van der Waals surface area (Å²) in [6.07, 6.45) is 4.41.